The van der Waals surface area contributed by atoms with Gasteiger partial charge in [0, 0.05) is 25.1 Å². The van der Waals surface area contributed by atoms with Gasteiger partial charge in [-0.1, -0.05) is 12.1 Å². The van der Waals surface area contributed by atoms with E-state index in [-0.39, 0.29) is 11.8 Å². The van der Waals surface area contributed by atoms with Crippen molar-refractivity contribution < 1.29 is 23.5 Å². The van der Waals surface area contributed by atoms with Crippen molar-refractivity contribution in [3.63, 3.8) is 0 Å². The zero-order valence-corrected chi connectivity index (χ0v) is 18.8. The standard InChI is InChI=1S/C26H22FN3O4/c1-16(31)28-21-10-4-18(5-11-21)24-25(19-6-14-23(33-3)15-7-19)29-30(26(24)34-17(2)32)22-12-8-20(27)9-13-22/h4-15H,1-3H3,(H,28,31). The van der Waals surface area contributed by atoms with E-state index < -0.39 is 11.8 Å². The summed E-state index contributed by atoms with van der Waals surface area (Å²) < 4.78 is 25.9. The minimum atomic E-state index is -0.527. The summed E-state index contributed by atoms with van der Waals surface area (Å²) in [5.74, 6) is -0.230. The summed E-state index contributed by atoms with van der Waals surface area (Å²) in [7, 11) is 1.58. The fourth-order valence-corrected chi connectivity index (χ4v) is 3.52. The number of nitrogens with one attached hydrogen (secondary N) is 1. The predicted octanol–water partition coefficient (Wildman–Crippen LogP) is 5.24. The van der Waals surface area contributed by atoms with Gasteiger partial charge in [0.1, 0.15) is 17.3 Å². The monoisotopic (exact) mass is 459 g/mol. The van der Waals surface area contributed by atoms with E-state index in [1.165, 1.54) is 30.7 Å². The molecule has 0 bridgehead atoms. The zero-order chi connectivity index (χ0) is 24.2. The number of esters is 1. The summed E-state index contributed by atoms with van der Waals surface area (Å²) >= 11 is 0. The number of carbonyl (C=O) groups is 2. The third-order valence-electron chi connectivity index (χ3n) is 5.01. The highest BCUT2D eigenvalue weighted by Gasteiger charge is 2.24. The van der Waals surface area contributed by atoms with Crippen molar-refractivity contribution in [2.45, 2.75) is 13.8 Å². The first-order valence-corrected chi connectivity index (χ1v) is 10.5. The Labute approximate surface area is 195 Å². The summed E-state index contributed by atoms with van der Waals surface area (Å²) in [4.78, 5) is 23.5. The fourth-order valence-electron chi connectivity index (χ4n) is 3.52. The molecule has 3 aromatic carbocycles. The molecule has 0 fully saturated rings. The van der Waals surface area contributed by atoms with Crippen LogP contribution in [0.25, 0.3) is 28.1 Å². The highest BCUT2D eigenvalue weighted by Crippen LogP contribution is 2.41. The van der Waals surface area contributed by atoms with Crippen LogP contribution in [0.3, 0.4) is 0 Å². The molecule has 0 atom stereocenters. The molecule has 4 aromatic rings. The average molecular weight is 459 g/mol. The molecule has 0 aliphatic heterocycles. The van der Waals surface area contributed by atoms with Crippen LogP contribution in [-0.4, -0.2) is 28.8 Å². The Bertz CT molecular complexity index is 1330. The van der Waals surface area contributed by atoms with Gasteiger partial charge in [-0.3, -0.25) is 9.59 Å². The lowest BCUT2D eigenvalue weighted by atomic mass is 10.0. The van der Waals surface area contributed by atoms with Gasteiger partial charge >= 0.3 is 5.97 Å². The van der Waals surface area contributed by atoms with Gasteiger partial charge in [-0.15, -0.1) is 0 Å². The molecule has 34 heavy (non-hydrogen) atoms. The molecule has 7 nitrogen and oxygen atoms in total. The molecule has 1 heterocycles. The first-order chi connectivity index (χ1) is 16.4. The maximum absolute atomic E-state index is 13.6. The molecule has 1 N–H and O–H groups in total. The van der Waals surface area contributed by atoms with Crippen LogP contribution in [0.1, 0.15) is 13.8 Å². The van der Waals surface area contributed by atoms with E-state index in [0.29, 0.717) is 33.9 Å². The molecule has 1 aromatic heterocycles. The van der Waals surface area contributed by atoms with Crippen molar-refractivity contribution in [1.82, 2.24) is 9.78 Å². The molecule has 0 aliphatic carbocycles. The molecule has 1 amide bonds. The maximum atomic E-state index is 13.6. The van der Waals surface area contributed by atoms with Gasteiger partial charge in [-0.2, -0.15) is 9.78 Å². The Hall–Kier alpha value is -4.46. The molecule has 8 heteroatoms. The van der Waals surface area contributed by atoms with Crippen LogP contribution in [0.2, 0.25) is 0 Å². The molecule has 0 saturated heterocycles. The van der Waals surface area contributed by atoms with Crippen LogP contribution in [0, 0.1) is 5.82 Å². The van der Waals surface area contributed by atoms with Crippen molar-refractivity contribution in [2.75, 3.05) is 12.4 Å². The van der Waals surface area contributed by atoms with Crippen molar-refractivity contribution in [1.29, 1.82) is 0 Å². The highest BCUT2D eigenvalue weighted by atomic mass is 19.1. The number of methoxy groups -OCH3 is 1. The Morgan fingerprint density at radius 3 is 2.06 bits per heavy atom. The van der Waals surface area contributed by atoms with Crippen LogP contribution in [0.4, 0.5) is 10.1 Å². The second-order valence-electron chi connectivity index (χ2n) is 7.50. The number of hydrogen-bond acceptors (Lipinski definition) is 5. The maximum Gasteiger partial charge on any atom is 0.309 e. The van der Waals surface area contributed by atoms with E-state index in [4.69, 9.17) is 14.6 Å². The van der Waals surface area contributed by atoms with E-state index in [1.54, 1.807) is 55.6 Å². The molecular formula is C26H22FN3O4. The van der Waals surface area contributed by atoms with Crippen LogP contribution in [0.15, 0.2) is 72.8 Å². The smallest absolute Gasteiger partial charge is 0.309 e. The topological polar surface area (TPSA) is 82.4 Å². The van der Waals surface area contributed by atoms with Gasteiger partial charge in [0.05, 0.1) is 18.4 Å². The van der Waals surface area contributed by atoms with Crippen LogP contribution in [0.5, 0.6) is 11.6 Å². The molecule has 172 valence electrons. The molecule has 0 aliphatic rings. The van der Waals surface area contributed by atoms with Gasteiger partial charge in [0.25, 0.3) is 0 Å². The lowest BCUT2D eigenvalue weighted by Crippen LogP contribution is -2.08. The number of carbonyl (C=O) groups excluding carboxylic acids is 2. The number of aromatic nitrogens is 2. The van der Waals surface area contributed by atoms with E-state index in [1.807, 2.05) is 12.1 Å². The van der Waals surface area contributed by atoms with Gasteiger partial charge < -0.3 is 14.8 Å². The van der Waals surface area contributed by atoms with E-state index >= 15 is 0 Å². The molecule has 0 spiro atoms. The van der Waals surface area contributed by atoms with Crippen molar-refractivity contribution in [3.05, 3.63) is 78.6 Å². The Balaban J connectivity index is 1.95. The lowest BCUT2D eigenvalue weighted by molar-refractivity contribution is -0.132. The number of benzene rings is 3. The van der Waals surface area contributed by atoms with Crippen molar-refractivity contribution in [3.8, 4) is 39.7 Å². The third kappa shape index (κ3) is 4.80. The van der Waals surface area contributed by atoms with Gasteiger partial charge in [-0.05, 0) is 66.2 Å². The number of halogens is 1. The SMILES string of the molecule is COc1ccc(-c2nn(-c3ccc(F)cc3)c(OC(C)=O)c2-c2ccc(NC(C)=O)cc2)cc1. The summed E-state index contributed by atoms with van der Waals surface area (Å²) in [6, 6.07) is 20.1. The molecular weight excluding hydrogens is 437 g/mol. The summed E-state index contributed by atoms with van der Waals surface area (Å²) in [6.07, 6.45) is 0. The highest BCUT2D eigenvalue weighted by molar-refractivity contribution is 5.91. The van der Waals surface area contributed by atoms with E-state index in [2.05, 4.69) is 5.32 Å². The predicted molar refractivity (Wildman–Crippen MR) is 127 cm³/mol. The summed E-state index contributed by atoms with van der Waals surface area (Å²) in [5.41, 5.74) is 3.74. The minimum Gasteiger partial charge on any atom is -0.497 e. The molecule has 0 saturated carbocycles. The van der Waals surface area contributed by atoms with Crippen molar-refractivity contribution >= 4 is 17.6 Å². The number of ether oxygens (including phenoxy) is 2. The Kier molecular flexibility index (Phi) is 6.40. The number of rotatable bonds is 6. The quantitative estimate of drug-likeness (QED) is 0.399. The first kappa shape index (κ1) is 22.7. The van der Waals surface area contributed by atoms with Gasteiger partial charge in [0.15, 0.2) is 0 Å². The largest absolute Gasteiger partial charge is 0.497 e. The van der Waals surface area contributed by atoms with Gasteiger partial charge in [0.2, 0.25) is 11.8 Å². The minimum absolute atomic E-state index is 0.184. The molecule has 0 unspecified atom stereocenters. The number of nitrogens with zero attached hydrogens (tertiary/aromatic N) is 2. The number of amides is 1. The van der Waals surface area contributed by atoms with Crippen LogP contribution in [-0.2, 0) is 9.59 Å². The Morgan fingerprint density at radius 1 is 0.882 bits per heavy atom. The Morgan fingerprint density at radius 2 is 1.50 bits per heavy atom. The third-order valence-corrected chi connectivity index (χ3v) is 5.01. The summed E-state index contributed by atoms with van der Waals surface area (Å²) in [5, 5.41) is 7.47. The number of hydrogen-bond donors (Lipinski definition) is 1. The van der Waals surface area contributed by atoms with Crippen molar-refractivity contribution in [2.24, 2.45) is 0 Å². The fraction of sp³-hybridized carbons (Fsp3) is 0.115. The van der Waals surface area contributed by atoms with Crippen LogP contribution < -0.4 is 14.8 Å². The normalized spacial score (nSPS) is 10.6. The van der Waals surface area contributed by atoms with E-state index in [0.717, 1.165) is 5.56 Å². The van der Waals surface area contributed by atoms with E-state index in [9.17, 15) is 14.0 Å². The number of anilines is 1. The second kappa shape index (κ2) is 9.58. The molecule has 0 radical (unpaired) electrons. The first-order valence-electron chi connectivity index (χ1n) is 10.5. The lowest BCUT2D eigenvalue weighted by Gasteiger charge is -2.10. The summed E-state index contributed by atoms with van der Waals surface area (Å²) in [6.45, 7) is 2.74. The average Bonchev–Trinajstić information content (AvgIpc) is 3.18. The second-order valence-corrected chi connectivity index (χ2v) is 7.50. The zero-order valence-electron chi connectivity index (χ0n) is 18.8. The van der Waals surface area contributed by atoms with Crippen LogP contribution >= 0.6 is 0 Å². The van der Waals surface area contributed by atoms with Gasteiger partial charge in [-0.25, -0.2) is 4.39 Å². The molecule has 4 rings (SSSR count).